The highest BCUT2D eigenvalue weighted by Gasteiger charge is 2.45. The summed E-state index contributed by atoms with van der Waals surface area (Å²) in [6, 6.07) is 8.91. The lowest BCUT2D eigenvalue weighted by atomic mass is 9.86. The molecule has 0 bridgehead atoms. The van der Waals surface area contributed by atoms with Crippen molar-refractivity contribution in [2.24, 2.45) is 5.41 Å². The Morgan fingerprint density at radius 3 is 2.53 bits per heavy atom. The van der Waals surface area contributed by atoms with Crippen molar-refractivity contribution >= 4 is 44.9 Å². The molecule has 7 nitrogen and oxygen atoms in total. The number of ether oxygens (including phenoxy) is 1. The van der Waals surface area contributed by atoms with Gasteiger partial charge < -0.3 is 9.64 Å². The summed E-state index contributed by atoms with van der Waals surface area (Å²) in [7, 11) is -2.99. The number of nitrogens with zero attached hydrogens (tertiary/aromatic N) is 2. The number of carbonyl (C=O) groups is 2. The lowest BCUT2D eigenvalue weighted by Crippen LogP contribution is -2.42. The lowest BCUT2D eigenvalue weighted by molar-refractivity contribution is -0.154. The first-order valence-electron chi connectivity index (χ1n) is 10.4. The fourth-order valence-electron chi connectivity index (χ4n) is 4.85. The molecular weight excluding hydrogens is 404 g/mol. The summed E-state index contributed by atoms with van der Waals surface area (Å²) in [6.45, 7) is 4.52. The maximum atomic E-state index is 12.8. The summed E-state index contributed by atoms with van der Waals surface area (Å²) in [5.41, 5.74) is 1.03. The molecule has 1 heterocycles. The van der Waals surface area contributed by atoms with Crippen LogP contribution in [0.2, 0.25) is 0 Å². The Labute approximate surface area is 177 Å². The van der Waals surface area contributed by atoms with E-state index in [2.05, 4.69) is 0 Å². The van der Waals surface area contributed by atoms with Gasteiger partial charge in [-0.25, -0.2) is 8.42 Å². The lowest BCUT2D eigenvalue weighted by Gasteiger charge is -2.32. The molecule has 0 N–H and O–H groups in total. The smallest absolute Gasteiger partial charge is 0.313 e. The summed E-state index contributed by atoms with van der Waals surface area (Å²) in [5, 5.41) is 1.46. The molecule has 4 rings (SSSR count). The van der Waals surface area contributed by atoms with E-state index in [9.17, 15) is 18.0 Å². The van der Waals surface area contributed by atoms with E-state index in [0.29, 0.717) is 36.0 Å². The molecule has 1 aliphatic carbocycles. The Balaban J connectivity index is 1.83. The van der Waals surface area contributed by atoms with E-state index in [1.54, 1.807) is 36.1 Å². The molecule has 0 unspecified atom stereocenters. The van der Waals surface area contributed by atoms with Gasteiger partial charge in [0, 0.05) is 22.9 Å². The average Bonchev–Trinajstić information content (AvgIpc) is 3.32. The molecule has 2 aliphatic rings. The van der Waals surface area contributed by atoms with Gasteiger partial charge in [0.2, 0.25) is 10.9 Å². The highest BCUT2D eigenvalue weighted by Crippen LogP contribution is 2.44. The molecule has 8 heteroatoms. The summed E-state index contributed by atoms with van der Waals surface area (Å²) < 4.78 is 31.3. The molecule has 1 amide bonds. The van der Waals surface area contributed by atoms with Crippen LogP contribution in [0, 0.1) is 5.41 Å². The van der Waals surface area contributed by atoms with Crippen LogP contribution in [0.4, 0.5) is 11.4 Å². The van der Waals surface area contributed by atoms with E-state index in [4.69, 9.17) is 4.74 Å². The molecule has 1 fully saturated rings. The summed E-state index contributed by atoms with van der Waals surface area (Å²) in [4.78, 5) is 27.2. The Morgan fingerprint density at radius 1 is 1.17 bits per heavy atom. The Hall–Kier alpha value is -2.61. The van der Waals surface area contributed by atoms with Crippen molar-refractivity contribution in [1.82, 2.24) is 0 Å². The number of benzene rings is 2. The van der Waals surface area contributed by atoms with Gasteiger partial charge in [-0.3, -0.25) is 13.9 Å². The zero-order valence-electron chi connectivity index (χ0n) is 17.2. The molecule has 0 atom stereocenters. The number of thiol groups is 1. The van der Waals surface area contributed by atoms with E-state index in [0.717, 1.165) is 23.9 Å². The van der Waals surface area contributed by atoms with Crippen molar-refractivity contribution in [3.63, 3.8) is 0 Å². The monoisotopic (exact) mass is 430 g/mol. The van der Waals surface area contributed by atoms with E-state index < -0.39 is 16.3 Å². The fraction of sp³-hybridized carbons (Fsp3) is 0.455. The quantitative estimate of drug-likeness (QED) is 0.538. The first kappa shape index (κ1) is 20.7. The van der Waals surface area contributed by atoms with Gasteiger partial charge in [-0.15, -0.1) is 0 Å². The minimum Gasteiger partial charge on any atom is -0.466 e. The molecule has 0 saturated heterocycles. The van der Waals surface area contributed by atoms with E-state index in [1.165, 1.54) is 4.31 Å². The fourth-order valence-corrected chi connectivity index (χ4v) is 5.59. The van der Waals surface area contributed by atoms with Crippen LogP contribution in [0.5, 0.6) is 0 Å². The van der Waals surface area contributed by atoms with Crippen molar-refractivity contribution in [2.75, 3.05) is 28.9 Å². The van der Waals surface area contributed by atoms with Crippen molar-refractivity contribution in [3.8, 4) is 0 Å². The second-order valence-electron chi connectivity index (χ2n) is 7.88. The second kappa shape index (κ2) is 7.91. The third-order valence-corrected chi connectivity index (χ3v) is 7.03. The number of hydrogen-bond donors (Lipinski definition) is 1. The maximum absolute atomic E-state index is 12.8. The third kappa shape index (κ3) is 3.14. The minimum absolute atomic E-state index is 0.0502. The highest BCUT2D eigenvalue weighted by molar-refractivity contribution is 7.74. The molecule has 1 aliphatic heterocycles. The molecule has 160 valence electrons. The molecule has 1 saturated carbocycles. The van der Waals surface area contributed by atoms with E-state index >= 15 is 0 Å². The zero-order valence-corrected chi connectivity index (χ0v) is 18.1. The Bertz CT molecular complexity index is 1080. The van der Waals surface area contributed by atoms with Crippen LogP contribution >= 0.6 is 0 Å². The number of carbonyl (C=O) groups excluding carboxylic acids is 2. The number of rotatable bonds is 7. The predicted octanol–water partition coefficient (Wildman–Crippen LogP) is 3.28. The SMILES string of the molecule is CCOC(=O)C1(CN(c2ccc3c4c(cccc24)C(=O)N3CC)[SH](=O)=O)CCCC1. The van der Waals surface area contributed by atoms with Gasteiger partial charge in [0.05, 0.1) is 29.9 Å². The normalized spacial score (nSPS) is 17.2. The number of anilines is 2. The van der Waals surface area contributed by atoms with Gasteiger partial charge in [0.1, 0.15) is 0 Å². The molecule has 2 aromatic rings. The van der Waals surface area contributed by atoms with Crippen molar-refractivity contribution < 1.29 is 22.7 Å². The van der Waals surface area contributed by atoms with Crippen LogP contribution in [0.25, 0.3) is 10.8 Å². The first-order chi connectivity index (χ1) is 14.4. The maximum Gasteiger partial charge on any atom is 0.313 e. The molecular formula is C22H26N2O5S. The van der Waals surface area contributed by atoms with Crippen LogP contribution in [-0.4, -0.2) is 40.0 Å². The Morgan fingerprint density at radius 2 is 1.90 bits per heavy atom. The molecule has 0 aromatic heterocycles. The zero-order chi connectivity index (χ0) is 21.5. The van der Waals surface area contributed by atoms with Gasteiger partial charge in [0.25, 0.3) is 5.91 Å². The Kier molecular flexibility index (Phi) is 5.44. The standard InChI is InChI=1S/C22H26N2O5S/c1-3-23-18-11-10-17(15-8-7-9-16(19(15)18)20(23)25)24(30(27)28)14-22(12-5-6-13-22)21(26)29-4-2/h7-11,30H,3-6,12-14H2,1-2H3. The van der Waals surface area contributed by atoms with Gasteiger partial charge >= 0.3 is 5.97 Å². The minimum atomic E-state index is -2.99. The number of hydrogen-bond acceptors (Lipinski definition) is 5. The van der Waals surface area contributed by atoms with Crippen LogP contribution in [0.3, 0.4) is 0 Å². The predicted molar refractivity (Wildman–Crippen MR) is 116 cm³/mol. The second-order valence-corrected chi connectivity index (χ2v) is 8.84. The molecule has 0 radical (unpaired) electrons. The highest BCUT2D eigenvalue weighted by atomic mass is 32.2. The summed E-state index contributed by atoms with van der Waals surface area (Å²) >= 11 is 0. The summed E-state index contributed by atoms with van der Waals surface area (Å²) in [6.07, 6.45) is 2.95. The largest absolute Gasteiger partial charge is 0.466 e. The molecule has 30 heavy (non-hydrogen) atoms. The molecule has 0 spiro atoms. The third-order valence-electron chi connectivity index (χ3n) is 6.27. The van der Waals surface area contributed by atoms with E-state index in [1.807, 2.05) is 13.0 Å². The average molecular weight is 431 g/mol. The van der Waals surface area contributed by atoms with Gasteiger partial charge in [0.15, 0.2) is 0 Å². The van der Waals surface area contributed by atoms with Crippen LogP contribution in [0.15, 0.2) is 30.3 Å². The van der Waals surface area contributed by atoms with E-state index in [-0.39, 0.29) is 25.0 Å². The van der Waals surface area contributed by atoms with Crippen molar-refractivity contribution in [2.45, 2.75) is 39.5 Å². The first-order valence-corrected chi connectivity index (χ1v) is 11.5. The summed E-state index contributed by atoms with van der Waals surface area (Å²) in [5.74, 6) is -0.408. The van der Waals surface area contributed by atoms with Gasteiger partial charge in [-0.2, -0.15) is 0 Å². The number of amides is 1. The number of esters is 1. The van der Waals surface area contributed by atoms with Crippen molar-refractivity contribution in [1.29, 1.82) is 0 Å². The van der Waals surface area contributed by atoms with Crippen LogP contribution < -0.4 is 9.21 Å². The van der Waals surface area contributed by atoms with Crippen LogP contribution in [0.1, 0.15) is 49.9 Å². The van der Waals surface area contributed by atoms with Gasteiger partial charge in [-0.05, 0) is 44.9 Å². The van der Waals surface area contributed by atoms with Crippen LogP contribution in [-0.2, 0) is 20.4 Å². The van der Waals surface area contributed by atoms with Gasteiger partial charge in [-0.1, -0.05) is 25.0 Å². The van der Waals surface area contributed by atoms with Crippen molar-refractivity contribution in [3.05, 3.63) is 35.9 Å². The topological polar surface area (TPSA) is 84.0 Å². The molecule has 2 aromatic carbocycles.